The summed E-state index contributed by atoms with van der Waals surface area (Å²) >= 11 is 3.68. The highest BCUT2D eigenvalue weighted by Gasteiger charge is 2.14. The second-order valence-corrected chi connectivity index (χ2v) is 6.10. The molecule has 3 aromatic rings. The molecule has 0 fully saturated rings. The van der Waals surface area contributed by atoms with E-state index in [0.29, 0.717) is 0 Å². The Hall–Kier alpha value is -1.38. The molecule has 3 rings (SSSR count). The SMILES string of the molecule is C=CCc1c(CC=C)c2ccsc2c2sccc12. The van der Waals surface area contributed by atoms with Gasteiger partial charge in [0.1, 0.15) is 0 Å². The molecule has 2 aromatic heterocycles. The van der Waals surface area contributed by atoms with Gasteiger partial charge in [0, 0.05) is 0 Å². The van der Waals surface area contributed by atoms with E-state index in [-0.39, 0.29) is 0 Å². The van der Waals surface area contributed by atoms with E-state index in [2.05, 4.69) is 36.1 Å². The Balaban J connectivity index is 2.48. The first-order chi connectivity index (χ1) is 8.86. The quantitative estimate of drug-likeness (QED) is 0.543. The highest BCUT2D eigenvalue weighted by molar-refractivity contribution is 7.25. The van der Waals surface area contributed by atoms with Crippen LogP contribution < -0.4 is 0 Å². The molecule has 0 aliphatic rings. The average Bonchev–Trinajstić information content (AvgIpc) is 3.00. The molecule has 0 spiro atoms. The number of thiophene rings is 2. The maximum absolute atomic E-state index is 3.90. The minimum Gasteiger partial charge on any atom is -0.142 e. The molecule has 18 heavy (non-hydrogen) atoms. The van der Waals surface area contributed by atoms with Crippen LogP contribution >= 0.6 is 22.7 Å². The number of hydrogen-bond donors (Lipinski definition) is 0. The Morgan fingerprint density at radius 1 is 0.833 bits per heavy atom. The Morgan fingerprint density at radius 3 is 1.67 bits per heavy atom. The van der Waals surface area contributed by atoms with Crippen LogP contribution in [0.3, 0.4) is 0 Å². The van der Waals surface area contributed by atoms with Crippen molar-refractivity contribution in [1.29, 1.82) is 0 Å². The lowest BCUT2D eigenvalue weighted by Crippen LogP contribution is -1.93. The predicted molar refractivity (Wildman–Crippen MR) is 85.0 cm³/mol. The molecule has 1 aromatic carbocycles. The normalized spacial score (nSPS) is 11.1. The lowest BCUT2D eigenvalue weighted by atomic mass is 9.95. The Labute approximate surface area is 115 Å². The van der Waals surface area contributed by atoms with E-state index in [9.17, 15) is 0 Å². The molecule has 0 unspecified atom stereocenters. The minimum absolute atomic E-state index is 0.933. The van der Waals surface area contributed by atoms with Gasteiger partial charge in [-0.2, -0.15) is 0 Å². The van der Waals surface area contributed by atoms with Gasteiger partial charge in [-0.15, -0.1) is 35.8 Å². The second-order valence-electron chi connectivity index (χ2n) is 4.27. The molecular weight excluding hydrogens is 256 g/mol. The third kappa shape index (κ3) is 1.64. The molecule has 90 valence electrons. The van der Waals surface area contributed by atoms with Crippen molar-refractivity contribution in [3.8, 4) is 0 Å². The molecule has 0 atom stereocenters. The van der Waals surface area contributed by atoms with E-state index >= 15 is 0 Å². The van der Waals surface area contributed by atoms with Crippen LogP contribution in [0.25, 0.3) is 20.2 Å². The van der Waals surface area contributed by atoms with Crippen LogP contribution in [0, 0.1) is 0 Å². The summed E-state index contributed by atoms with van der Waals surface area (Å²) in [6.07, 6.45) is 5.86. The first-order valence-corrected chi connectivity index (χ1v) is 7.72. The van der Waals surface area contributed by atoms with Gasteiger partial charge in [-0.3, -0.25) is 0 Å². The summed E-state index contributed by atoms with van der Waals surface area (Å²) in [4.78, 5) is 0. The number of fused-ring (bicyclic) bond motifs is 3. The predicted octanol–water partition coefficient (Wildman–Crippen LogP) is 5.57. The molecule has 0 bridgehead atoms. The lowest BCUT2D eigenvalue weighted by molar-refractivity contribution is 1.20. The third-order valence-corrected chi connectivity index (χ3v) is 5.24. The molecule has 0 aliphatic heterocycles. The first kappa shape index (κ1) is 11.7. The molecule has 0 amide bonds. The van der Waals surface area contributed by atoms with Gasteiger partial charge in [0.15, 0.2) is 0 Å². The molecular formula is C16H14S2. The Bertz CT molecular complexity index is 665. The van der Waals surface area contributed by atoms with E-state index in [1.807, 2.05) is 34.8 Å². The van der Waals surface area contributed by atoms with Gasteiger partial charge < -0.3 is 0 Å². The summed E-state index contributed by atoms with van der Waals surface area (Å²) < 4.78 is 2.84. The molecule has 2 heterocycles. The van der Waals surface area contributed by atoms with Crippen molar-refractivity contribution in [3.05, 3.63) is 59.3 Å². The standard InChI is InChI=1S/C16H14S2/c1-3-5-11-12(6-4-2)14-8-10-18-16(14)15-13(11)7-9-17-15/h3-4,7-10H,1-2,5-6H2. The maximum Gasteiger partial charge on any atom is 0.0524 e. The van der Waals surface area contributed by atoms with Gasteiger partial charge in [-0.1, -0.05) is 12.2 Å². The maximum atomic E-state index is 3.90. The zero-order valence-electron chi connectivity index (χ0n) is 10.1. The summed E-state index contributed by atoms with van der Waals surface area (Å²) in [7, 11) is 0. The number of rotatable bonds is 4. The highest BCUT2D eigenvalue weighted by Crippen LogP contribution is 2.39. The van der Waals surface area contributed by atoms with E-state index < -0.39 is 0 Å². The summed E-state index contributed by atoms with van der Waals surface area (Å²) in [5.41, 5.74) is 2.85. The fourth-order valence-electron chi connectivity index (χ4n) is 2.53. The molecule has 0 aliphatic carbocycles. The largest absolute Gasteiger partial charge is 0.142 e. The number of benzene rings is 1. The second kappa shape index (κ2) is 4.71. The van der Waals surface area contributed by atoms with Gasteiger partial charge in [0.2, 0.25) is 0 Å². The molecule has 0 N–H and O–H groups in total. The van der Waals surface area contributed by atoms with Crippen LogP contribution in [0.15, 0.2) is 48.2 Å². The molecule has 0 saturated heterocycles. The van der Waals surface area contributed by atoms with Gasteiger partial charge in [-0.05, 0) is 57.6 Å². The molecule has 2 heteroatoms. The fourth-order valence-corrected chi connectivity index (χ4v) is 4.57. The van der Waals surface area contributed by atoms with Crippen LogP contribution in [0.4, 0.5) is 0 Å². The zero-order valence-corrected chi connectivity index (χ0v) is 11.7. The fraction of sp³-hybridized carbons (Fsp3) is 0.125. The average molecular weight is 270 g/mol. The van der Waals surface area contributed by atoms with Crippen molar-refractivity contribution in [2.24, 2.45) is 0 Å². The van der Waals surface area contributed by atoms with Crippen molar-refractivity contribution in [3.63, 3.8) is 0 Å². The van der Waals surface area contributed by atoms with E-state index in [1.165, 1.54) is 31.3 Å². The van der Waals surface area contributed by atoms with E-state index in [4.69, 9.17) is 0 Å². The summed E-state index contributed by atoms with van der Waals surface area (Å²) in [5, 5.41) is 7.17. The molecule has 0 radical (unpaired) electrons. The van der Waals surface area contributed by atoms with Crippen LogP contribution in [0.5, 0.6) is 0 Å². The van der Waals surface area contributed by atoms with Gasteiger partial charge in [0.05, 0.1) is 9.40 Å². The highest BCUT2D eigenvalue weighted by atomic mass is 32.1. The lowest BCUT2D eigenvalue weighted by Gasteiger charge is -2.10. The van der Waals surface area contributed by atoms with E-state index in [0.717, 1.165) is 12.8 Å². The van der Waals surface area contributed by atoms with Gasteiger partial charge in [0.25, 0.3) is 0 Å². The van der Waals surface area contributed by atoms with Gasteiger partial charge in [-0.25, -0.2) is 0 Å². The Kier molecular flexibility index (Phi) is 3.06. The van der Waals surface area contributed by atoms with Crippen molar-refractivity contribution in [1.82, 2.24) is 0 Å². The number of hydrogen-bond acceptors (Lipinski definition) is 2. The molecule has 0 saturated carbocycles. The Morgan fingerprint density at radius 2 is 1.28 bits per heavy atom. The third-order valence-electron chi connectivity index (χ3n) is 3.25. The topological polar surface area (TPSA) is 0 Å². The van der Waals surface area contributed by atoms with Gasteiger partial charge >= 0.3 is 0 Å². The molecule has 0 nitrogen and oxygen atoms in total. The summed E-state index contributed by atoms with van der Waals surface area (Å²) in [6, 6.07) is 4.48. The van der Waals surface area contributed by atoms with Crippen LogP contribution in [0.1, 0.15) is 11.1 Å². The van der Waals surface area contributed by atoms with E-state index in [1.54, 1.807) is 0 Å². The smallest absolute Gasteiger partial charge is 0.0524 e. The number of allylic oxidation sites excluding steroid dienone is 2. The van der Waals surface area contributed by atoms with Crippen LogP contribution in [-0.4, -0.2) is 0 Å². The minimum atomic E-state index is 0.933. The monoisotopic (exact) mass is 270 g/mol. The van der Waals surface area contributed by atoms with Crippen LogP contribution in [-0.2, 0) is 12.8 Å². The van der Waals surface area contributed by atoms with Crippen molar-refractivity contribution in [2.75, 3.05) is 0 Å². The summed E-state index contributed by atoms with van der Waals surface area (Å²) in [5.74, 6) is 0. The van der Waals surface area contributed by atoms with Crippen molar-refractivity contribution >= 4 is 42.8 Å². The zero-order chi connectivity index (χ0) is 12.5. The van der Waals surface area contributed by atoms with Crippen molar-refractivity contribution in [2.45, 2.75) is 12.8 Å². The van der Waals surface area contributed by atoms with Crippen molar-refractivity contribution < 1.29 is 0 Å². The summed E-state index contributed by atoms with van der Waals surface area (Å²) in [6.45, 7) is 7.79. The first-order valence-electron chi connectivity index (χ1n) is 5.96. The van der Waals surface area contributed by atoms with Crippen LogP contribution in [0.2, 0.25) is 0 Å².